The Kier molecular flexibility index (Phi) is 5.09. The molecule has 1 heterocycles. The molecule has 1 aliphatic heterocycles. The van der Waals surface area contributed by atoms with Gasteiger partial charge in [0, 0.05) is 19.6 Å². The molecule has 0 bridgehead atoms. The lowest BCUT2D eigenvalue weighted by atomic mass is 9.88. The van der Waals surface area contributed by atoms with Gasteiger partial charge in [0.05, 0.1) is 5.54 Å². The first-order valence-electron chi connectivity index (χ1n) is 6.13. The molecule has 0 atom stereocenters. The van der Waals surface area contributed by atoms with Gasteiger partial charge in [0.25, 0.3) is 10.2 Å². The van der Waals surface area contributed by atoms with E-state index >= 15 is 0 Å². The predicted octanol–water partition coefficient (Wildman–Crippen LogP) is -0.779. The normalized spacial score (nSPS) is 20.8. The second kappa shape index (κ2) is 5.96. The molecule has 0 radical (unpaired) electrons. The van der Waals surface area contributed by atoms with Gasteiger partial charge in [-0.05, 0) is 26.3 Å². The molecule has 1 rings (SSSR count). The number of likely N-dealkylation sites (tertiary alicyclic amines) is 1. The summed E-state index contributed by atoms with van der Waals surface area (Å²) in [5.74, 6) is -0.113. The van der Waals surface area contributed by atoms with Gasteiger partial charge in [-0.25, -0.2) is 4.72 Å². The predicted molar refractivity (Wildman–Crippen MR) is 71.7 cm³/mol. The van der Waals surface area contributed by atoms with Crippen LogP contribution in [0.2, 0.25) is 0 Å². The summed E-state index contributed by atoms with van der Waals surface area (Å²) in [7, 11) is -1.64. The molecule has 7 nitrogen and oxygen atoms in total. The van der Waals surface area contributed by atoms with Crippen LogP contribution >= 0.6 is 0 Å². The minimum absolute atomic E-state index is 0.113. The fourth-order valence-electron chi connectivity index (χ4n) is 1.96. The number of amidine groups is 1. The third-order valence-electron chi connectivity index (χ3n) is 3.23. The largest absolute Gasteiger partial charge is 0.386 e. The van der Waals surface area contributed by atoms with Crippen LogP contribution in [0.5, 0.6) is 0 Å². The molecule has 18 heavy (non-hydrogen) atoms. The molecule has 5 N–H and O–H groups in total. The number of hydrogen-bond acceptors (Lipinski definition) is 4. The van der Waals surface area contributed by atoms with Gasteiger partial charge in [-0.2, -0.15) is 13.1 Å². The van der Waals surface area contributed by atoms with Crippen molar-refractivity contribution in [2.75, 3.05) is 26.7 Å². The maximum absolute atomic E-state index is 11.9. The average Bonchev–Trinajstić information content (AvgIpc) is 2.29. The Bertz CT molecular complexity index is 387. The zero-order valence-electron chi connectivity index (χ0n) is 11.0. The van der Waals surface area contributed by atoms with Crippen LogP contribution in [0.4, 0.5) is 0 Å². The maximum atomic E-state index is 11.9. The van der Waals surface area contributed by atoms with E-state index in [-0.39, 0.29) is 5.84 Å². The zero-order chi connectivity index (χ0) is 13.8. The van der Waals surface area contributed by atoms with Crippen molar-refractivity contribution in [3.05, 3.63) is 0 Å². The van der Waals surface area contributed by atoms with E-state index in [4.69, 9.17) is 11.1 Å². The summed E-state index contributed by atoms with van der Waals surface area (Å²) in [6.07, 6.45) is 1.76. The summed E-state index contributed by atoms with van der Waals surface area (Å²) in [5, 5.41) is 7.66. The van der Waals surface area contributed by atoms with Crippen LogP contribution in [-0.4, -0.2) is 51.4 Å². The van der Waals surface area contributed by atoms with Crippen molar-refractivity contribution in [2.45, 2.75) is 31.7 Å². The summed E-state index contributed by atoms with van der Waals surface area (Å²) in [4.78, 5) is 2.09. The number of nitrogens with two attached hydrogens (primary N) is 1. The van der Waals surface area contributed by atoms with Gasteiger partial charge in [0.1, 0.15) is 5.84 Å². The highest BCUT2D eigenvalue weighted by molar-refractivity contribution is 7.87. The van der Waals surface area contributed by atoms with Crippen molar-refractivity contribution in [2.24, 2.45) is 5.73 Å². The molecule has 0 aromatic carbocycles. The SMILES string of the molecule is CCCNS(=O)(=O)NC1(C(=N)N)CCN(C)CC1. The summed E-state index contributed by atoms with van der Waals surface area (Å²) >= 11 is 0. The van der Waals surface area contributed by atoms with Crippen molar-refractivity contribution in [1.29, 1.82) is 5.41 Å². The first-order chi connectivity index (χ1) is 8.31. The molecule has 1 aliphatic rings. The molecule has 0 aliphatic carbocycles. The second-order valence-electron chi connectivity index (χ2n) is 4.80. The highest BCUT2D eigenvalue weighted by Crippen LogP contribution is 2.22. The van der Waals surface area contributed by atoms with Crippen molar-refractivity contribution < 1.29 is 8.42 Å². The lowest BCUT2D eigenvalue weighted by molar-refractivity contribution is 0.218. The molecule has 1 fully saturated rings. The van der Waals surface area contributed by atoms with Gasteiger partial charge in [0.2, 0.25) is 0 Å². The van der Waals surface area contributed by atoms with Crippen molar-refractivity contribution in [3.8, 4) is 0 Å². The maximum Gasteiger partial charge on any atom is 0.277 e. The zero-order valence-corrected chi connectivity index (χ0v) is 11.8. The fourth-order valence-corrected chi connectivity index (χ4v) is 3.33. The molecular formula is C10H23N5O2S. The number of nitrogens with one attached hydrogen (secondary N) is 3. The van der Waals surface area contributed by atoms with E-state index in [1.807, 2.05) is 14.0 Å². The van der Waals surface area contributed by atoms with Gasteiger partial charge >= 0.3 is 0 Å². The molecule has 8 heteroatoms. The first kappa shape index (κ1) is 15.4. The Morgan fingerprint density at radius 2 is 2.00 bits per heavy atom. The molecular weight excluding hydrogens is 254 g/mol. The van der Waals surface area contributed by atoms with Gasteiger partial charge < -0.3 is 10.6 Å². The molecule has 1 saturated heterocycles. The average molecular weight is 277 g/mol. The summed E-state index contributed by atoms with van der Waals surface area (Å²) < 4.78 is 28.7. The second-order valence-corrected chi connectivity index (χ2v) is 6.30. The van der Waals surface area contributed by atoms with Crippen molar-refractivity contribution in [3.63, 3.8) is 0 Å². The third-order valence-corrected chi connectivity index (χ3v) is 4.47. The Morgan fingerprint density at radius 3 is 2.44 bits per heavy atom. The minimum atomic E-state index is -3.60. The molecule has 0 saturated carbocycles. The van der Waals surface area contributed by atoms with Crippen LogP contribution in [0.25, 0.3) is 0 Å². The topological polar surface area (TPSA) is 111 Å². The lowest BCUT2D eigenvalue weighted by Gasteiger charge is -2.39. The number of piperidine rings is 1. The molecule has 0 amide bonds. The van der Waals surface area contributed by atoms with E-state index in [2.05, 4.69) is 14.3 Å². The molecule has 0 spiro atoms. The van der Waals surface area contributed by atoms with Gasteiger partial charge in [-0.1, -0.05) is 6.92 Å². The van der Waals surface area contributed by atoms with Gasteiger partial charge in [-0.15, -0.1) is 0 Å². The Balaban J connectivity index is 2.78. The van der Waals surface area contributed by atoms with Crippen LogP contribution in [0.15, 0.2) is 0 Å². The highest BCUT2D eigenvalue weighted by atomic mass is 32.2. The monoisotopic (exact) mass is 277 g/mol. The van der Waals surface area contributed by atoms with Gasteiger partial charge in [-0.3, -0.25) is 5.41 Å². The Hall–Kier alpha value is -0.700. The minimum Gasteiger partial charge on any atom is -0.386 e. The van der Waals surface area contributed by atoms with Crippen LogP contribution in [0.1, 0.15) is 26.2 Å². The molecule has 0 aromatic heterocycles. The van der Waals surface area contributed by atoms with Gasteiger partial charge in [0.15, 0.2) is 0 Å². The lowest BCUT2D eigenvalue weighted by Crippen LogP contribution is -2.63. The third kappa shape index (κ3) is 3.91. The smallest absolute Gasteiger partial charge is 0.277 e. The molecule has 0 unspecified atom stereocenters. The molecule has 0 aromatic rings. The van der Waals surface area contributed by atoms with E-state index in [1.165, 1.54) is 0 Å². The van der Waals surface area contributed by atoms with Crippen LogP contribution in [-0.2, 0) is 10.2 Å². The van der Waals surface area contributed by atoms with Crippen molar-refractivity contribution in [1.82, 2.24) is 14.3 Å². The van der Waals surface area contributed by atoms with E-state index in [9.17, 15) is 8.42 Å². The Morgan fingerprint density at radius 1 is 1.44 bits per heavy atom. The number of nitrogens with zero attached hydrogens (tertiary/aromatic N) is 1. The number of hydrogen-bond donors (Lipinski definition) is 4. The standard InChI is InChI=1S/C10H23N5O2S/c1-3-6-13-18(16,17)14-10(9(11)12)4-7-15(2)8-5-10/h13-14H,3-8H2,1-2H3,(H3,11,12). The summed E-state index contributed by atoms with van der Waals surface area (Å²) in [6, 6.07) is 0. The van der Waals surface area contributed by atoms with Crippen molar-refractivity contribution >= 4 is 16.0 Å². The number of rotatable bonds is 6. The van der Waals surface area contributed by atoms with E-state index in [0.717, 1.165) is 19.5 Å². The van der Waals surface area contributed by atoms with E-state index in [1.54, 1.807) is 0 Å². The molecule has 106 valence electrons. The first-order valence-corrected chi connectivity index (χ1v) is 7.61. The summed E-state index contributed by atoms with van der Waals surface area (Å²) in [5.41, 5.74) is 4.66. The fraction of sp³-hybridized carbons (Fsp3) is 0.900. The van der Waals surface area contributed by atoms with Crippen LogP contribution in [0, 0.1) is 5.41 Å². The highest BCUT2D eigenvalue weighted by Gasteiger charge is 2.40. The Labute approximate surface area is 109 Å². The quantitative estimate of drug-likeness (QED) is 0.377. The van der Waals surface area contributed by atoms with E-state index < -0.39 is 15.7 Å². The van der Waals surface area contributed by atoms with Crippen LogP contribution in [0.3, 0.4) is 0 Å². The summed E-state index contributed by atoms with van der Waals surface area (Å²) in [6.45, 7) is 3.70. The van der Waals surface area contributed by atoms with E-state index in [0.29, 0.717) is 19.4 Å². The van der Waals surface area contributed by atoms with Crippen LogP contribution < -0.4 is 15.2 Å².